The van der Waals surface area contributed by atoms with Gasteiger partial charge in [-0.25, -0.2) is 4.79 Å². The van der Waals surface area contributed by atoms with Gasteiger partial charge >= 0.3 is 5.97 Å². The van der Waals surface area contributed by atoms with Crippen molar-refractivity contribution in [1.29, 1.82) is 0 Å². The Morgan fingerprint density at radius 1 is 1.16 bits per heavy atom. The van der Waals surface area contributed by atoms with E-state index in [1.807, 2.05) is 12.1 Å². The van der Waals surface area contributed by atoms with Crippen molar-refractivity contribution in [2.75, 3.05) is 41.2 Å². The number of allylic oxidation sites excluding steroid dienone is 1. The summed E-state index contributed by atoms with van der Waals surface area (Å²) in [7, 11) is 4.88. The van der Waals surface area contributed by atoms with Crippen molar-refractivity contribution in [2.45, 2.75) is 69.5 Å². The van der Waals surface area contributed by atoms with Crippen LogP contribution < -0.4 is 9.47 Å². The van der Waals surface area contributed by atoms with Gasteiger partial charge in [-0.15, -0.1) is 0 Å². The van der Waals surface area contributed by atoms with Gasteiger partial charge in [0.05, 0.1) is 32.3 Å². The Bertz CT molecular complexity index is 1010. The van der Waals surface area contributed by atoms with Crippen molar-refractivity contribution in [3.63, 3.8) is 0 Å². The molecule has 3 fully saturated rings. The van der Waals surface area contributed by atoms with Crippen LogP contribution in [0.4, 0.5) is 0 Å². The fourth-order valence-electron chi connectivity index (χ4n) is 5.57. The highest BCUT2D eigenvalue weighted by atomic mass is 16.6. The predicted octanol–water partition coefficient (Wildman–Crippen LogP) is 4.35. The van der Waals surface area contributed by atoms with Crippen LogP contribution in [0.1, 0.15) is 45.6 Å². The van der Waals surface area contributed by atoms with Crippen LogP contribution >= 0.6 is 0 Å². The summed E-state index contributed by atoms with van der Waals surface area (Å²) in [6, 6.07) is 5.47. The van der Waals surface area contributed by atoms with Gasteiger partial charge in [0.15, 0.2) is 11.5 Å². The van der Waals surface area contributed by atoms with Crippen LogP contribution in [0.2, 0.25) is 0 Å². The Balaban J connectivity index is 1.42. The van der Waals surface area contributed by atoms with Gasteiger partial charge in [-0.2, -0.15) is 0 Å². The minimum Gasteiger partial charge on any atom is -0.493 e. The molecule has 2 aliphatic heterocycles. The summed E-state index contributed by atoms with van der Waals surface area (Å²) >= 11 is 0. The molecule has 4 rings (SSSR count). The first-order chi connectivity index (χ1) is 17.8. The van der Waals surface area contributed by atoms with Crippen LogP contribution in [0.25, 0.3) is 6.08 Å². The maximum Gasteiger partial charge on any atom is 0.331 e. The fourth-order valence-corrected chi connectivity index (χ4v) is 5.57. The monoisotopic (exact) mass is 516 g/mol. The molecule has 2 saturated heterocycles. The third-order valence-electron chi connectivity index (χ3n) is 7.65. The molecule has 204 valence electrons. The van der Waals surface area contributed by atoms with Gasteiger partial charge in [0.2, 0.25) is 0 Å². The van der Waals surface area contributed by atoms with E-state index in [1.165, 1.54) is 11.6 Å². The first kappa shape index (κ1) is 27.6. The Hall–Kier alpha value is -2.39. The van der Waals surface area contributed by atoms with E-state index in [4.69, 9.17) is 33.2 Å². The number of hydrogen-bond acceptors (Lipinski definition) is 8. The normalized spacial score (nSPS) is 32.3. The van der Waals surface area contributed by atoms with Crippen molar-refractivity contribution >= 4 is 12.0 Å². The van der Waals surface area contributed by atoms with E-state index < -0.39 is 5.97 Å². The molecule has 8 nitrogen and oxygen atoms in total. The molecule has 37 heavy (non-hydrogen) atoms. The van der Waals surface area contributed by atoms with Crippen LogP contribution in [-0.2, 0) is 28.5 Å². The minimum absolute atomic E-state index is 0.00973. The average Bonchev–Trinajstić information content (AvgIpc) is 3.79. The summed E-state index contributed by atoms with van der Waals surface area (Å²) in [6.07, 6.45) is 7.12. The summed E-state index contributed by atoms with van der Waals surface area (Å²) in [5.41, 5.74) is 1.44. The molecule has 1 aliphatic carbocycles. The van der Waals surface area contributed by atoms with E-state index in [-0.39, 0.29) is 35.4 Å². The maximum atomic E-state index is 12.8. The number of benzene rings is 1. The predicted molar refractivity (Wildman–Crippen MR) is 139 cm³/mol. The van der Waals surface area contributed by atoms with Gasteiger partial charge in [-0.1, -0.05) is 17.7 Å². The molecule has 1 saturated carbocycles. The van der Waals surface area contributed by atoms with Crippen molar-refractivity contribution < 1.29 is 38.0 Å². The molecular weight excluding hydrogens is 476 g/mol. The van der Waals surface area contributed by atoms with Crippen LogP contribution in [0.5, 0.6) is 11.5 Å². The molecule has 0 N–H and O–H groups in total. The number of methoxy groups -OCH3 is 3. The average molecular weight is 517 g/mol. The lowest BCUT2D eigenvalue weighted by atomic mass is 9.68. The smallest absolute Gasteiger partial charge is 0.331 e. The topological polar surface area (TPSA) is 88.3 Å². The molecular formula is C29H40O8. The van der Waals surface area contributed by atoms with Crippen molar-refractivity contribution in [2.24, 2.45) is 5.92 Å². The van der Waals surface area contributed by atoms with E-state index in [0.717, 1.165) is 18.4 Å². The van der Waals surface area contributed by atoms with Crippen LogP contribution in [0, 0.1) is 5.92 Å². The molecule has 1 spiro atoms. The number of rotatable bonds is 12. The highest BCUT2D eigenvalue weighted by molar-refractivity contribution is 5.87. The highest BCUT2D eigenvalue weighted by Gasteiger charge is 2.72. The number of epoxide rings is 2. The van der Waals surface area contributed by atoms with Gasteiger partial charge in [0.25, 0.3) is 0 Å². The number of hydrogen-bond donors (Lipinski definition) is 0. The Morgan fingerprint density at radius 2 is 1.95 bits per heavy atom. The van der Waals surface area contributed by atoms with Gasteiger partial charge in [0, 0.05) is 20.3 Å². The van der Waals surface area contributed by atoms with Crippen molar-refractivity contribution in [3.8, 4) is 11.5 Å². The van der Waals surface area contributed by atoms with Crippen LogP contribution in [0.3, 0.4) is 0 Å². The molecule has 1 aromatic carbocycles. The first-order valence-electron chi connectivity index (χ1n) is 12.9. The van der Waals surface area contributed by atoms with Gasteiger partial charge in [0.1, 0.15) is 30.0 Å². The van der Waals surface area contributed by atoms with E-state index in [1.54, 1.807) is 33.5 Å². The molecule has 0 bridgehead atoms. The second-order valence-corrected chi connectivity index (χ2v) is 10.4. The molecule has 0 amide bonds. The number of esters is 1. The molecule has 4 unspecified atom stereocenters. The number of ether oxygens (including phenoxy) is 7. The zero-order chi connectivity index (χ0) is 26.6. The molecule has 6 atom stereocenters. The number of carbonyl (C=O) groups excluding carboxylic acids is 1. The lowest BCUT2D eigenvalue weighted by Crippen LogP contribution is -2.55. The summed E-state index contributed by atoms with van der Waals surface area (Å²) in [4.78, 5) is 12.8. The summed E-state index contributed by atoms with van der Waals surface area (Å²) in [5.74, 6) is 0.769. The van der Waals surface area contributed by atoms with E-state index in [0.29, 0.717) is 37.7 Å². The zero-order valence-corrected chi connectivity index (χ0v) is 22.8. The van der Waals surface area contributed by atoms with E-state index in [9.17, 15) is 4.79 Å². The molecule has 3 aliphatic rings. The number of carbonyl (C=O) groups is 1. The first-order valence-corrected chi connectivity index (χ1v) is 12.9. The molecule has 0 aromatic heterocycles. The summed E-state index contributed by atoms with van der Waals surface area (Å²) < 4.78 is 40.3. The Morgan fingerprint density at radius 3 is 2.59 bits per heavy atom. The van der Waals surface area contributed by atoms with E-state index in [2.05, 4.69) is 26.8 Å². The van der Waals surface area contributed by atoms with Crippen LogP contribution in [-0.4, -0.2) is 76.6 Å². The lowest BCUT2D eigenvalue weighted by molar-refractivity contribution is -0.166. The Kier molecular flexibility index (Phi) is 8.63. The third kappa shape index (κ3) is 6.20. The fraction of sp³-hybridized carbons (Fsp3) is 0.621. The van der Waals surface area contributed by atoms with Gasteiger partial charge < -0.3 is 33.2 Å². The van der Waals surface area contributed by atoms with Crippen molar-refractivity contribution in [3.05, 3.63) is 41.5 Å². The molecule has 2 heterocycles. The van der Waals surface area contributed by atoms with Crippen molar-refractivity contribution in [1.82, 2.24) is 0 Å². The quantitative estimate of drug-likeness (QED) is 0.133. The summed E-state index contributed by atoms with van der Waals surface area (Å²) in [6.45, 7) is 7.87. The van der Waals surface area contributed by atoms with Gasteiger partial charge in [-0.3, -0.25) is 0 Å². The van der Waals surface area contributed by atoms with Crippen LogP contribution in [0.15, 0.2) is 35.9 Å². The van der Waals surface area contributed by atoms with E-state index >= 15 is 0 Å². The highest BCUT2D eigenvalue weighted by Crippen LogP contribution is 2.59. The second-order valence-electron chi connectivity index (χ2n) is 10.4. The summed E-state index contributed by atoms with van der Waals surface area (Å²) in [5, 5.41) is 0. The molecule has 1 aromatic rings. The lowest BCUT2D eigenvalue weighted by Gasteiger charge is -2.42. The molecule has 0 radical (unpaired) electrons. The second kappa shape index (κ2) is 11.6. The minimum atomic E-state index is -0.418. The Labute approximate surface area is 219 Å². The largest absolute Gasteiger partial charge is 0.493 e. The standard InChI is InChI=1S/C29H40O8/c1-19(2)7-11-24-28(3,37-24)27-26(33-6)22(13-14-29(27)18-35-29)36-25(30)12-9-20-8-10-21(32-5)23(17-20)34-16-15-31-4/h7-10,12,17,22,24,26-27H,11,13-16,18H2,1-6H3/b12-9+/t22-,24?,26-,27?,28?,29?/m1/s1. The molecule has 8 heteroatoms. The zero-order valence-electron chi connectivity index (χ0n) is 22.8. The maximum absolute atomic E-state index is 12.8. The van der Waals surface area contributed by atoms with Gasteiger partial charge in [-0.05, 0) is 63.8 Å². The SMILES string of the molecule is COCCOc1cc(/C=C/C(=O)O[C@@H]2CCC3(CO3)C(C3(C)OC3CC=C(C)C)[C@@H]2OC)ccc1OC. The third-order valence-corrected chi connectivity index (χ3v) is 7.65.